The molecule has 0 bridgehead atoms. The number of anilines is 1. The van der Waals surface area contributed by atoms with Crippen LogP contribution in [0.4, 0.5) is 28.9 Å². The number of nitrogens with one attached hydrogen (secondary N) is 1. The van der Waals surface area contributed by atoms with Crippen LogP contribution >= 0.6 is 0 Å². The van der Waals surface area contributed by atoms with Crippen LogP contribution in [0, 0.1) is 21.8 Å². The Morgan fingerprint density at radius 2 is 1.77 bits per heavy atom. The first-order valence-corrected chi connectivity index (χ1v) is 9.72. The lowest BCUT2D eigenvalue weighted by Crippen LogP contribution is -2.41. The van der Waals surface area contributed by atoms with Gasteiger partial charge in [0.05, 0.1) is 16.5 Å². The quantitative estimate of drug-likeness (QED) is 0.411. The van der Waals surface area contributed by atoms with E-state index in [0.29, 0.717) is 32.0 Å². The third-order valence-electron chi connectivity index (χ3n) is 5.43. The highest BCUT2D eigenvalue weighted by atomic mass is 19.4. The molecule has 0 unspecified atom stereocenters. The smallest absolute Gasteiger partial charge is 0.366 e. The van der Waals surface area contributed by atoms with Gasteiger partial charge in [-0.2, -0.15) is 13.2 Å². The summed E-state index contributed by atoms with van der Waals surface area (Å²) in [7, 11) is 0. The van der Waals surface area contributed by atoms with Gasteiger partial charge in [-0.1, -0.05) is 12.1 Å². The van der Waals surface area contributed by atoms with Gasteiger partial charge in [0.1, 0.15) is 11.5 Å². The number of halogens is 4. The highest BCUT2D eigenvalue weighted by molar-refractivity contribution is 5.79. The van der Waals surface area contributed by atoms with Gasteiger partial charge < -0.3 is 10.2 Å². The largest absolute Gasteiger partial charge is 0.416 e. The van der Waals surface area contributed by atoms with Crippen molar-refractivity contribution in [2.75, 3.05) is 18.0 Å². The molecule has 1 aliphatic rings. The normalized spacial score (nSPS) is 16.1. The van der Waals surface area contributed by atoms with E-state index in [1.807, 2.05) is 0 Å². The number of nitro groups is 1. The Morgan fingerprint density at radius 3 is 2.32 bits per heavy atom. The van der Waals surface area contributed by atoms with Gasteiger partial charge in [0, 0.05) is 25.1 Å². The first-order chi connectivity index (χ1) is 14.6. The lowest BCUT2D eigenvalue weighted by molar-refractivity contribution is -0.384. The summed E-state index contributed by atoms with van der Waals surface area (Å²) in [4.78, 5) is 24.7. The van der Waals surface area contributed by atoms with Crippen molar-refractivity contribution in [2.24, 2.45) is 5.92 Å². The zero-order valence-electron chi connectivity index (χ0n) is 16.7. The molecule has 0 saturated carbocycles. The van der Waals surface area contributed by atoms with Gasteiger partial charge >= 0.3 is 6.18 Å². The van der Waals surface area contributed by atoms with Crippen molar-refractivity contribution >= 4 is 17.3 Å². The van der Waals surface area contributed by atoms with Crippen LogP contribution in [0.15, 0.2) is 42.5 Å². The fraction of sp³-hybridized carbons (Fsp3) is 0.381. The molecule has 1 amide bonds. The number of nitro benzene ring substituents is 1. The maximum Gasteiger partial charge on any atom is 0.416 e. The SMILES string of the molecule is C[C@H](NC(=O)C1CCN(c2ccc(C(F)(F)F)cc2[N+](=O)[O-])CC1)c1ccc(F)cc1. The van der Waals surface area contributed by atoms with Crippen LogP contribution in [0.5, 0.6) is 0 Å². The Bertz CT molecular complexity index is 955. The summed E-state index contributed by atoms with van der Waals surface area (Å²) in [5.41, 5.74) is -0.821. The zero-order chi connectivity index (χ0) is 22.8. The van der Waals surface area contributed by atoms with Gasteiger partial charge in [0.15, 0.2) is 0 Å². The molecule has 6 nitrogen and oxygen atoms in total. The summed E-state index contributed by atoms with van der Waals surface area (Å²) in [5, 5.41) is 14.2. The lowest BCUT2D eigenvalue weighted by atomic mass is 9.94. The second kappa shape index (κ2) is 8.91. The van der Waals surface area contributed by atoms with E-state index in [0.717, 1.165) is 17.7 Å². The molecule has 1 fully saturated rings. The molecule has 2 aromatic rings. The van der Waals surface area contributed by atoms with E-state index in [-0.39, 0.29) is 29.4 Å². The number of carbonyl (C=O) groups is 1. The molecule has 1 saturated heterocycles. The third-order valence-corrected chi connectivity index (χ3v) is 5.43. The first-order valence-electron chi connectivity index (χ1n) is 9.72. The second-order valence-electron chi connectivity index (χ2n) is 7.50. The Balaban J connectivity index is 1.64. The molecular formula is C21H21F4N3O3. The van der Waals surface area contributed by atoms with E-state index < -0.39 is 22.4 Å². The van der Waals surface area contributed by atoms with Crippen LogP contribution in [-0.2, 0) is 11.0 Å². The predicted molar refractivity (Wildman–Crippen MR) is 106 cm³/mol. The summed E-state index contributed by atoms with van der Waals surface area (Å²) in [5.74, 6) is -0.877. The molecule has 31 heavy (non-hydrogen) atoms. The van der Waals surface area contributed by atoms with E-state index in [4.69, 9.17) is 0 Å². The molecule has 0 radical (unpaired) electrons. The molecule has 166 valence electrons. The fourth-order valence-electron chi connectivity index (χ4n) is 3.66. The number of hydrogen-bond acceptors (Lipinski definition) is 4. The van der Waals surface area contributed by atoms with Crippen molar-refractivity contribution < 1.29 is 27.3 Å². The Kier molecular flexibility index (Phi) is 6.47. The number of carbonyl (C=O) groups excluding carboxylic acids is 1. The molecular weight excluding hydrogens is 418 g/mol. The molecule has 1 heterocycles. The van der Waals surface area contributed by atoms with Crippen molar-refractivity contribution in [3.05, 3.63) is 69.5 Å². The van der Waals surface area contributed by atoms with Gasteiger partial charge in [-0.15, -0.1) is 0 Å². The van der Waals surface area contributed by atoms with Crippen molar-refractivity contribution in [1.29, 1.82) is 0 Å². The number of rotatable bonds is 5. The number of piperidine rings is 1. The minimum atomic E-state index is -4.67. The van der Waals surface area contributed by atoms with Crippen molar-refractivity contribution in [3.63, 3.8) is 0 Å². The molecule has 1 N–H and O–H groups in total. The maximum absolute atomic E-state index is 13.0. The molecule has 0 aromatic heterocycles. The molecule has 1 aliphatic heterocycles. The van der Waals surface area contributed by atoms with Gasteiger partial charge in [-0.05, 0) is 49.6 Å². The summed E-state index contributed by atoms with van der Waals surface area (Å²) >= 11 is 0. The van der Waals surface area contributed by atoms with Crippen LogP contribution in [-0.4, -0.2) is 23.9 Å². The molecule has 2 aromatic carbocycles. The lowest BCUT2D eigenvalue weighted by Gasteiger charge is -2.33. The predicted octanol–water partition coefficient (Wildman–Crippen LogP) is 4.85. The molecule has 3 rings (SSSR count). The fourth-order valence-corrected chi connectivity index (χ4v) is 3.66. The average Bonchev–Trinajstić information content (AvgIpc) is 2.73. The summed E-state index contributed by atoms with van der Waals surface area (Å²) in [6, 6.07) is 7.96. The van der Waals surface area contributed by atoms with E-state index in [1.54, 1.807) is 24.0 Å². The van der Waals surface area contributed by atoms with Crippen molar-refractivity contribution in [1.82, 2.24) is 5.32 Å². The number of benzene rings is 2. The van der Waals surface area contributed by atoms with Crippen molar-refractivity contribution in [3.8, 4) is 0 Å². The van der Waals surface area contributed by atoms with E-state index >= 15 is 0 Å². The van der Waals surface area contributed by atoms with E-state index in [2.05, 4.69) is 5.32 Å². The minimum Gasteiger partial charge on any atom is -0.366 e. The molecule has 10 heteroatoms. The van der Waals surface area contributed by atoms with Gasteiger partial charge in [-0.25, -0.2) is 4.39 Å². The Morgan fingerprint density at radius 1 is 1.16 bits per heavy atom. The van der Waals surface area contributed by atoms with E-state index in [1.165, 1.54) is 12.1 Å². The number of alkyl halides is 3. The van der Waals surface area contributed by atoms with Crippen LogP contribution in [0.2, 0.25) is 0 Å². The van der Waals surface area contributed by atoms with Crippen molar-refractivity contribution in [2.45, 2.75) is 32.0 Å². The summed E-state index contributed by atoms with van der Waals surface area (Å²) < 4.78 is 51.7. The van der Waals surface area contributed by atoms with Crippen LogP contribution < -0.4 is 10.2 Å². The summed E-state index contributed by atoms with van der Waals surface area (Å²) in [6.45, 7) is 2.39. The molecule has 0 spiro atoms. The monoisotopic (exact) mass is 439 g/mol. The highest BCUT2D eigenvalue weighted by Crippen LogP contribution is 2.37. The minimum absolute atomic E-state index is 0.108. The van der Waals surface area contributed by atoms with Gasteiger partial charge in [0.25, 0.3) is 5.69 Å². The topological polar surface area (TPSA) is 75.5 Å². The van der Waals surface area contributed by atoms with E-state index in [9.17, 15) is 32.5 Å². The molecule has 1 atom stereocenters. The maximum atomic E-state index is 13.0. The van der Waals surface area contributed by atoms with Crippen LogP contribution in [0.1, 0.15) is 36.9 Å². The molecule has 0 aliphatic carbocycles. The first kappa shape index (κ1) is 22.5. The zero-order valence-corrected chi connectivity index (χ0v) is 16.7. The summed E-state index contributed by atoms with van der Waals surface area (Å²) in [6.07, 6.45) is -3.87. The Labute approximate surface area is 176 Å². The van der Waals surface area contributed by atoms with Gasteiger partial charge in [-0.3, -0.25) is 14.9 Å². The third kappa shape index (κ3) is 5.31. The number of hydrogen-bond donors (Lipinski definition) is 1. The van der Waals surface area contributed by atoms with Crippen LogP contribution in [0.3, 0.4) is 0 Å². The van der Waals surface area contributed by atoms with Gasteiger partial charge in [0.2, 0.25) is 5.91 Å². The second-order valence-corrected chi connectivity index (χ2v) is 7.50. The number of nitrogens with zero attached hydrogens (tertiary/aromatic N) is 2. The standard InChI is InChI=1S/C21H21F4N3O3/c1-13(14-2-5-17(22)6-3-14)26-20(29)15-8-10-27(11-9-15)18-7-4-16(21(23,24)25)12-19(18)28(30)31/h2-7,12-13,15H,8-11H2,1H3,(H,26,29)/t13-/m0/s1. The highest BCUT2D eigenvalue weighted by Gasteiger charge is 2.35. The number of amides is 1. The van der Waals surface area contributed by atoms with Crippen LogP contribution in [0.25, 0.3) is 0 Å². The average molecular weight is 439 g/mol. The Hall–Kier alpha value is -3.17.